The van der Waals surface area contributed by atoms with Crippen LogP contribution in [0.2, 0.25) is 0 Å². The molecule has 26 heavy (non-hydrogen) atoms. The third-order valence-electron chi connectivity index (χ3n) is 5.54. The average Bonchev–Trinajstić information content (AvgIpc) is 3.21. The topological polar surface area (TPSA) is 56.9 Å². The van der Waals surface area contributed by atoms with E-state index in [1.54, 1.807) is 0 Å². The van der Waals surface area contributed by atoms with E-state index < -0.39 is 0 Å². The summed E-state index contributed by atoms with van der Waals surface area (Å²) in [5.41, 5.74) is 2.46. The van der Waals surface area contributed by atoms with E-state index in [4.69, 9.17) is 0 Å². The Bertz CT molecular complexity index is 896. The fourth-order valence-corrected chi connectivity index (χ4v) is 5.02. The van der Waals surface area contributed by atoms with Crippen LogP contribution in [-0.2, 0) is 0 Å². The quantitative estimate of drug-likeness (QED) is 0.764. The summed E-state index contributed by atoms with van der Waals surface area (Å²) in [5, 5.41) is 15.0. The summed E-state index contributed by atoms with van der Waals surface area (Å²) in [7, 11) is 4.36. The van der Waals surface area contributed by atoms with Gasteiger partial charge in [-0.1, -0.05) is 35.6 Å². The highest BCUT2D eigenvalue weighted by Gasteiger charge is 2.33. The first-order valence-electron chi connectivity index (χ1n) is 9.03. The molecule has 1 aliphatic heterocycles. The molecule has 0 aliphatic carbocycles. The number of rotatable bonds is 4. The molecule has 3 aromatic rings. The molecule has 2 aromatic heterocycles. The number of aromatic nitrogens is 3. The fourth-order valence-electron chi connectivity index (χ4n) is 3.92. The molecule has 3 heterocycles. The third-order valence-corrected chi connectivity index (χ3v) is 6.63. The predicted octanol–water partition coefficient (Wildman–Crippen LogP) is 2.92. The van der Waals surface area contributed by atoms with Crippen molar-refractivity contribution in [3.8, 4) is 5.88 Å². The summed E-state index contributed by atoms with van der Waals surface area (Å²) < 4.78 is 1.54. The van der Waals surface area contributed by atoms with Gasteiger partial charge in [-0.25, -0.2) is 4.98 Å². The second kappa shape index (κ2) is 6.98. The van der Waals surface area contributed by atoms with Crippen LogP contribution in [0.15, 0.2) is 30.6 Å². The van der Waals surface area contributed by atoms with Crippen LogP contribution in [0.4, 0.5) is 0 Å². The van der Waals surface area contributed by atoms with Gasteiger partial charge in [-0.05, 0) is 58.1 Å². The molecule has 0 saturated carbocycles. The number of hydrogen-bond donors (Lipinski definition) is 1. The number of nitrogens with zero attached hydrogens (tertiary/aromatic N) is 5. The Morgan fingerprint density at radius 3 is 2.69 bits per heavy atom. The van der Waals surface area contributed by atoms with Crippen LogP contribution in [-0.4, -0.2) is 62.7 Å². The first-order valence-corrected chi connectivity index (χ1v) is 9.85. The van der Waals surface area contributed by atoms with Gasteiger partial charge < -0.3 is 10.0 Å². The van der Waals surface area contributed by atoms with Crippen LogP contribution >= 0.6 is 11.3 Å². The van der Waals surface area contributed by atoms with Gasteiger partial charge in [0.25, 0.3) is 0 Å². The zero-order valence-corrected chi connectivity index (χ0v) is 16.3. The third kappa shape index (κ3) is 3.00. The monoisotopic (exact) mass is 371 g/mol. The Labute approximate surface area is 157 Å². The van der Waals surface area contributed by atoms with Crippen LogP contribution in [0.1, 0.15) is 34.9 Å². The van der Waals surface area contributed by atoms with Crippen molar-refractivity contribution >= 4 is 16.3 Å². The largest absolute Gasteiger partial charge is 0.492 e. The molecule has 1 aromatic carbocycles. The molecule has 0 amide bonds. The summed E-state index contributed by atoms with van der Waals surface area (Å²) in [6.07, 6.45) is 3.76. The fraction of sp³-hybridized carbons (Fsp3) is 0.474. The number of aromatic hydroxyl groups is 1. The number of hydrogen-bond acceptors (Lipinski definition) is 6. The maximum atomic E-state index is 10.8. The lowest BCUT2D eigenvalue weighted by molar-refractivity contribution is 0.121. The van der Waals surface area contributed by atoms with E-state index in [1.165, 1.54) is 33.3 Å². The Morgan fingerprint density at radius 1 is 1.27 bits per heavy atom. The molecule has 0 radical (unpaired) electrons. The lowest BCUT2D eigenvalue weighted by Gasteiger charge is -2.39. The number of thiazole rings is 1. The summed E-state index contributed by atoms with van der Waals surface area (Å²) in [6.45, 7) is 4.35. The Morgan fingerprint density at radius 2 is 2.00 bits per heavy atom. The predicted molar refractivity (Wildman–Crippen MR) is 104 cm³/mol. The van der Waals surface area contributed by atoms with E-state index in [-0.39, 0.29) is 11.9 Å². The molecule has 1 N–H and O–H groups in total. The van der Waals surface area contributed by atoms with Gasteiger partial charge in [-0.2, -0.15) is 9.61 Å². The highest BCUT2D eigenvalue weighted by Crippen LogP contribution is 2.41. The summed E-state index contributed by atoms with van der Waals surface area (Å²) >= 11 is 1.52. The SMILES string of the molecule is Cc1ccccc1C(c1sc2ncnn2c1O)N(C)C1CCN(C)CC1. The van der Waals surface area contributed by atoms with Crippen molar-refractivity contribution in [1.29, 1.82) is 0 Å². The molecule has 138 valence electrons. The van der Waals surface area contributed by atoms with E-state index >= 15 is 0 Å². The van der Waals surface area contributed by atoms with Gasteiger partial charge in [0.1, 0.15) is 6.33 Å². The van der Waals surface area contributed by atoms with Crippen molar-refractivity contribution in [2.75, 3.05) is 27.2 Å². The second-order valence-corrected chi connectivity index (χ2v) is 8.21. The summed E-state index contributed by atoms with van der Waals surface area (Å²) in [4.78, 5) is 10.7. The van der Waals surface area contributed by atoms with Crippen molar-refractivity contribution in [1.82, 2.24) is 24.4 Å². The molecule has 7 heteroatoms. The molecule has 1 fully saturated rings. The van der Waals surface area contributed by atoms with Crippen LogP contribution in [0.25, 0.3) is 4.96 Å². The summed E-state index contributed by atoms with van der Waals surface area (Å²) in [5.74, 6) is 0.204. The molecule has 1 aliphatic rings. The van der Waals surface area contributed by atoms with Gasteiger partial charge in [0.15, 0.2) is 0 Å². The minimum absolute atomic E-state index is 0.00175. The molecule has 0 bridgehead atoms. The maximum absolute atomic E-state index is 10.8. The van der Waals surface area contributed by atoms with Crippen molar-refractivity contribution in [3.05, 3.63) is 46.6 Å². The van der Waals surface area contributed by atoms with Gasteiger partial charge in [0.2, 0.25) is 10.8 Å². The molecular weight excluding hydrogens is 346 g/mol. The normalized spacial score (nSPS) is 18.0. The van der Waals surface area contributed by atoms with Crippen molar-refractivity contribution in [3.63, 3.8) is 0 Å². The first-order chi connectivity index (χ1) is 12.6. The molecule has 1 unspecified atom stereocenters. The number of piperidine rings is 1. The lowest BCUT2D eigenvalue weighted by atomic mass is 9.95. The Hall–Kier alpha value is -1.96. The van der Waals surface area contributed by atoms with Crippen molar-refractivity contribution in [2.24, 2.45) is 0 Å². The number of fused-ring (bicyclic) bond motifs is 1. The number of benzene rings is 1. The standard InChI is InChI=1S/C19H25N5OS/c1-13-6-4-5-7-15(13)16(23(3)14-8-10-22(2)11-9-14)17-18(25)24-19(26-17)20-12-21-24/h4-7,12,14,16,25H,8-11H2,1-3H3. The van der Waals surface area contributed by atoms with Gasteiger partial charge in [-0.15, -0.1) is 0 Å². The zero-order chi connectivity index (χ0) is 18.3. The number of aryl methyl sites for hydroxylation is 1. The van der Waals surface area contributed by atoms with Gasteiger partial charge in [0.05, 0.1) is 10.9 Å². The van der Waals surface area contributed by atoms with Gasteiger partial charge >= 0.3 is 0 Å². The minimum Gasteiger partial charge on any atom is -0.492 e. The molecule has 0 spiro atoms. The van der Waals surface area contributed by atoms with Crippen LogP contribution in [0.3, 0.4) is 0 Å². The van der Waals surface area contributed by atoms with E-state index in [1.807, 2.05) is 0 Å². The smallest absolute Gasteiger partial charge is 0.230 e. The first kappa shape index (κ1) is 17.5. The lowest BCUT2D eigenvalue weighted by Crippen LogP contribution is -2.43. The van der Waals surface area contributed by atoms with Crippen LogP contribution in [0.5, 0.6) is 5.88 Å². The molecular formula is C19H25N5OS. The Balaban J connectivity index is 1.78. The summed E-state index contributed by atoms with van der Waals surface area (Å²) in [6, 6.07) is 8.93. The molecule has 6 nitrogen and oxygen atoms in total. The minimum atomic E-state index is -0.00175. The molecule has 4 rings (SSSR count). The van der Waals surface area contributed by atoms with Crippen LogP contribution < -0.4 is 0 Å². The molecule has 1 atom stereocenters. The van der Waals surface area contributed by atoms with E-state index in [2.05, 4.69) is 65.2 Å². The zero-order valence-electron chi connectivity index (χ0n) is 15.5. The average molecular weight is 372 g/mol. The second-order valence-electron chi connectivity index (χ2n) is 7.20. The van der Waals surface area contributed by atoms with Gasteiger partial charge in [0, 0.05) is 6.04 Å². The maximum Gasteiger partial charge on any atom is 0.230 e. The van der Waals surface area contributed by atoms with E-state index in [9.17, 15) is 5.11 Å². The highest BCUT2D eigenvalue weighted by molar-refractivity contribution is 7.17. The van der Waals surface area contributed by atoms with Crippen LogP contribution in [0, 0.1) is 6.92 Å². The van der Waals surface area contributed by atoms with Crippen molar-refractivity contribution < 1.29 is 5.11 Å². The van der Waals surface area contributed by atoms with E-state index in [0.717, 1.165) is 35.8 Å². The van der Waals surface area contributed by atoms with E-state index in [0.29, 0.717) is 6.04 Å². The molecule has 1 saturated heterocycles. The van der Waals surface area contributed by atoms with Gasteiger partial charge in [-0.3, -0.25) is 4.90 Å². The Kier molecular flexibility index (Phi) is 4.69. The number of likely N-dealkylation sites (tertiary alicyclic amines) is 1. The van der Waals surface area contributed by atoms with Crippen molar-refractivity contribution in [2.45, 2.75) is 31.8 Å². The highest BCUT2D eigenvalue weighted by atomic mass is 32.1.